The van der Waals surface area contributed by atoms with Gasteiger partial charge < -0.3 is 25.4 Å². The smallest absolute Gasteiger partial charge is 0.259 e. The topological polar surface area (TPSA) is 133 Å². The molecule has 3 N–H and O–H groups in total. The standard InChI is InChI=1S/C33H36ClN5O6/c1-33(2,3)45-39-15-13-25(16-23(39)20-40)44-29-17-22(38-14-12-24(41)19-38)9-10-27(29)32(43)36-28-7-5-4-6-26(28)31(42)37-30-11-8-21(34)18-35-30/h4-11,17-18,24-25,41H,12-16,19H2,1-3H3,(H,36,43)(H,35,37,42). The van der Waals surface area contributed by atoms with Crippen molar-refractivity contribution in [3.63, 3.8) is 0 Å². The molecule has 2 aliphatic rings. The Labute approximate surface area is 266 Å². The number of piperidine rings is 1. The van der Waals surface area contributed by atoms with Crippen LogP contribution in [0.4, 0.5) is 17.2 Å². The zero-order chi connectivity index (χ0) is 32.1. The number of ether oxygens (including phenoxy) is 1. The number of rotatable bonds is 8. The van der Waals surface area contributed by atoms with Crippen molar-refractivity contribution in [1.82, 2.24) is 10.0 Å². The first-order valence-corrected chi connectivity index (χ1v) is 15.1. The van der Waals surface area contributed by atoms with Gasteiger partial charge in [-0.15, -0.1) is 0 Å². The fraction of sp³-hybridized carbons (Fsp3) is 0.364. The van der Waals surface area contributed by atoms with Crippen LogP contribution in [0.3, 0.4) is 0 Å². The summed E-state index contributed by atoms with van der Waals surface area (Å²) < 4.78 is 6.42. The normalized spacial score (nSPS) is 18.4. The first-order valence-electron chi connectivity index (χ1n) is 14.8. The molecule has 1 aromatic heterocycles. The van der Waals surface area contributed by atoms with E-state index in [2.05, 4.69) is 15.6 Å². The van der Waals surface area contributed by atoms with E-state index in [4.69, 9.17) is 21.2 Å². The minimum absolute atomic E-state index is 0.236. The molecule has 3 aromatic rings. The minimum Gasteiger partial charge on any atom is -0.489 e. The van der Waals surface area contributed by atoms with Crippen LogP contribution in [-0.2, 0) is 9.63 Å². The van der Waals surface area contributed by atoms with Crippen LogP contribution in [0.1, 0.15) is 60.7 Å². The van der Waals surface area contributed by atoms with Gasteiger partial charge in [-0.2, -0.15) is 0 Å². The highest BCUT2D eigenvalue weighted by Crippen LogP contribution is 2.33. The Morgan fingerprint density at radius 3 is 2.49 bits per heavy atom. The Morgan fingerprint density at radius 1 is 1.02 bits per heavy atom. The third-order valence-corrected chi connectivity index (χ3v) is 7.52. The van der Waals surface area contributed by atoms with Gasteiger partial charge in [0.1, 0.15) is 29.3 Å². The number of para-hydroxylation sites is 1. The fourth-order valence-electron chi connectivity index (χ4n) is 5.20. The van der Waals surface area contributed by atoms with Crippen LogP contribution in [0, 0.1) is 0 Å². The van der Waals surface area contributed by atoms with Crippen molar-refractivity contribution in [2.45, 2.75) is 57.8 Å². The molecule has 0 aliphatic carbocycles. The van der Waals surface area contributed by atoms with Crippen molar-refractivity contribution < 1.29 is 29.1 Å². The van der Waals surface area contributed by atoms with Crippen LogP contribution < -0.4 is 20.3 Å². The summed E-state index contributed by atoms with van der Waals surface area (Å²) in [6, 6.07) is 15.1. The van der Waals surface area contributed by atoms with Crippen LogP contribution >= 0.6 is 11.6 Å². The number of pyridine rings is 1. The Bertz CT molecular complexity index is 1600. The zero-order valence-corrected chi connectivity index (χ0v) is 26.1. The fourth-order valence-corrected chi connectivity index (χ4v) is 5.31. The van der Waals surface area contributed by atoms with Gasteiger partial charge in [-0.05, 0) is 63.6 Å². The van der Waals surface area contributed by atoms with Gasteiger partial charge >= 0.3 is 0 Å². The summed E-state index contributed by atoms with van der Waals surface area (Å²) in [6.07, 6.45) is 2.00. The number of hydrogen-bond acceptors (Lipinski definition) is 9. The van der Waals surface area contributed by atoms with E-state index in [1.165, 1.54) is 6.20 Å². The maximum atomic E-state index is 13.8. The van der Waals surface area contributed by atoms with E-state index in [1.54, 1.807) is 59.7 Å². The van der Waals surface area contributed by atoms with Gasteiger partial charge in [0, 0.05) is 50.4 Å². The number of anilines is 3. The number of carbonyl (C=O) groups is 2. The Kier molecular flexibility index (Phi) is 9.74. The van der Waals surface area contributed by atoms with E-state index in [9.17, 15) is 19.5 Å². The molecule has 0 bridgehead atoms. The van der Waals surface area contributed by atoms with Crippen molar-refractivity contribution in [2.24, 2.45) is 0 Å². The lowest BCUT2D eigenvalue weighted by Crippen LogP contribution is -2.41. The molecule has 0 radical (unpaired) electrons. The monoisotopic (exact) mass is 633 g/mol. The van der Waals surface area contributed by atoms with Gasteiger partial charge in [0.05, 0.1) is 33.5 Å². The number of aliphatic hydroxyl groups excluding tert-OH is 1. The highest BCUT2D eigenvalue weighted by molar-refractivity contribution is 6.30. The van der Waals surface area contributed by atoms with E-state index in [1.807, 2.05) is 31.6 Å². The Hall–Kier alpha value is -4.41. The predicted molar refractivity (Wildman–Crippen MR) is 171 cm³/mol. The second-order valence-electron chi connectivity index (χ2n) is 12.0. The number of amides is 2. The molecule has 2 aromatic carbocycles. The average molecular weight is 634 g/mol. The summed E-state index contributed by atoms with van der Waals surface area (Å²) in [5, 5.41) is 17.7. The second-order valence-corrected chi connectivity index (χ2v) is 12.4. The number of hydrogen-bond donors (Lipinski definition) is 3. The molecular weight excluding hydrogens is 598 g/mol. The minimum atomic E-state index is -0.492. The van der Waals surface area contributed by atoms with Crippen LogP contribution in [0.5, 0.6) is 5.75 Å². The molecule has 3 heterocycles. The van der Waals surface area contributed by atoms with E-state index >= 15 is 0 Å². The van der Waals surface area contributed by atoms with E-state index in [-0.39, 0.29) is 17.5 Å². The number of aromatic nitrogens is 1. The van der Waals surface area contributed by atoms with E-state index in [0.29, 0.717) is 60.5 Å². The van der Waals surface area contributed by atoms with Gasteiger partial charge in [0.2, 0.25) is 0 Å². The highest BCUT2D eigenvalue weighted by Gasteiger charge is 2.31. The molecule has 5 rings (SSSR count). The quantitative estimate of drug-likeness (QED) is 0.290. The number of nitrogens with zero attached hydrogens (tertiary/aromatic N) is 3. The van der Waals surface area contributed by atoms with E-state index in [0.717, 1.165) is 5.69 Å². The molecule has 2 amide bonds. The molecule has 0 spiro atoms. The van der Waals surface area contributed by atoms with Crippen molar-refractivity contribution in [1.29, 1.82) is 0 Å². The Morgan fingerprint density at radius 2 is 1.80 bits per heavy atom. The summed E-state index contributed by atoms with van der Waals surface area (Å²) >= 11 is 5.90. The van der Waals surface area contributed by atoms with Crippen LogP contribution in [0.2, 0.25) is 5.02 Å². The summed E-state index contributed by atoms with van der Waals surface area (Å²) in [5.74, 6) is 1.67. The third kappa shape index (κ3) is 8.20. The maximum absolute atomic E-state index is 13.8. The summed E-state index contributed by atoms with van der Waals surface area (Å²) in [5.41, 5.74) is 1.42. The molecule has 45 heavy (non-hydrogen) atoms. The molecule has 236 valence electrons. The van der Waals surface area contributed by atoms with Gasteiger partial charge in [-0.3, -0.25) is 14.4 Å². The van der Waals surface area contributed by atoms with Crippen LogP contribution in [0.15, 0.2) is 66.5 Å². The number of nitrogens with one attached hydrogen (secondary N) is 2. The molecule has 2 aliphatic heterocycles. The number of β-amino-alcohol motifs (C(OH)–C–C–N with tert-alkyl or cyclic N) is 1. The lowest BCUT2D eigenvalue weighted by molar-refractivity contribution is -0.217. The van der Waals surface area contributed by atoms with Crippen LogP contribution in [0.25, 0.3) is 0 Å². The molecule has 11 nitrogen and oxygen atoms in total. The van der Waals surface area contributed by atoms with Crippen molar-refractivity contribution >= 4 is 46.5 Å². The first kappa shape index (κ1) is 32.0. The number of carbonyl (C=O) groups excluding carboxylic acids is 3. The molecule has 0 saturated carbocycles. The highest BCUT2D eigenvalue weighted by atomic mass is 35.5. The largest absolute Gasteiger partial charge is 0.489 e. The van der Waals surface area contributed by atoms with Gasteiger partial charge in [0.25, 0.3) is 11.8 Å². The summed E-state index contributed by atoms with van der Waals surface area (Å²) in [7, 11) is 0. The first-order chi connectivity index (χ1) is 21.5. The zero-order valence-electron chi connectivity index (χ0n) is 25.4. The molecule has 2 fully saturated rings. The molecule has 2 unspecified atom stereocenters. The molecule has 12 heteroatoms. The van der Waals surface area contributed by atoms with Crippen LogP contribution in [-0.4, -0.2) is 70.4 Å². The molecular formula is C33H36ClN5O6. The Balaban J connectivity index is 1.38. The van der Waals surface area contributed by atoms with Crippen molar-refractivity contribution in [3.8, 4) is 5.75 Å². The van der Waals surface area contributed by atoms with Crippen molar-refractivity contribution in [3.05, 3.63) is 82.6 Å². The third-order valence-electron chi connectivity index (χ3n) is 7.30. The number of halogens is 1. The number of benzene rings is 2. The SMILES string of the molecule is CC(C)(C)ON1CCC(Oc2cc(N3CCC(O)C3)ccc2C(=O)Nc2ccccc2C(=O)Nc2ccc(Cl)cn2)CC1=C=O. The molecule has 2 saturated heterocycles. The van der Waals surface area contributed by atoms with Crippen molar-refractivity contribution in [2.75, 3.05) is 35.2 Å². The second kappa shape index (κ2) is 13.7. The van der Waals surface area contributed by atoms with E-state index < -0.39 is 29.6 Å². The maximum Gasteiger partial charge on any atom is 0.259 e. The van der Waals surface area contributed by atoms with Gasteiger partial charge in [-0.25, -0.2) is 14.8 Å². The predicted octanol–water partition coefficient (Wildman–Crippen LogP) is 5.10. The summed E-state index contributed by atoms with van der Waals surface area (Å²) in [6.45, 7) is 7.26. The lowest BCUT2D eigenvalue weighted by Gasteiger charge is -2.37. The van der Waals surface area contributed by atoms with Gasteiger partial charge in [0.15, 0.2) is 0 Å². The lowest BCUT2D eigenvalue weighted by atomic mass is 10.1. The number of aliphatic hydroxyl groups is 1. The summed E-state index contributed by atoms with van der Waals surface area (Å²) in [4.78, 5) is 50.8. The van der Waals surface area contributed by atoms with Gasteiger partial charge in [-0.1, -0.05) is 23.7 Å². The molecule has 2 atom stereocenters. The average Bonchev–Trinajstić information content (AvgIpc) is 3.44. The number of hydroxylamine groups is 2.